The summed E-state index contributed by atoms with van der Waals surface area (Å²) in [6.45, 7) is 4.50. The van der Waals surface area contributed by atoms with Crippen LogP contribution in [0.15, 0.2) is 54.7 Å². The number of halogens is 1. The SMILES string of the molecule is CC1CC2CC(C)CC(C(=O)N[C@@H](Cc3c[nH]c4ccccc34)C(=O)N[C@@H](CCC(=O)C=N)C(=O)NCc3ccc(F)cc3)(C1)C2. The number of H-pyrrole nitrogens is 1. The number of nitrogens with one attached hydrogen (secondary N) is 5. The minimum absolute atomic E-state index is 0.0242. The first-order chi connectivity index (χ1) is 22.0. The minimum atomic E-state index is -1.09. The van der Waals surface area contributed by atoms with Crippen LogP contribution in [0.3, 0.4) is 0 Å². The fourth-order valence-electron chi connectivity index (χ4n) is 7.84. The number of Topliss-reactive ketones (excluding diaryl/α,β-unsaturated/α-hetero) is 1. The van der Waals surface area contributed by atoms with Gasteiger partial charge in [0.25, 0.3) is 0 Å². The molecule has 2 bridgehead atoms. The van der Waals surface area contributed by atoms with E-state index in [2.05, 4.69) is 34.8 Å². The molecule has 3 amide bonds. The summed E-state index contributed by atoms with van der Waals surface area (Å²) in [5.74, 6) is -0.710. The molecule has 2 unspecified atom stereocenters. The van der Waals surface area contributed by atoms with Gasteiger partial charge >= 0.3 is 0 Å². The Labute approximate surface area is 269 Å². The molecule has 46 heavy (non-hydrogen) atoms. The molecule has 0 saturated heterocycles. The molecule has 2 saturated carbocycles. The summed E-state index contributed by atoms with van der Waals surface area (Å²) in [4.78, 5) is 56.9. The average Bonchev–Trinajstić information content (AvgIpc) is 3.43. The predicted molar refractivity (Wildman–Crippen MR) is 174 cm³/mol. The maximum atomic E-state index is 14.2. The van der Waals surface area contributed by atoms with Gasteiger partial charge in [0.15, 0.2) is 5.78 Å². The van der Waals surface area contributed by atoms with Crippen molar-refractivity contribution >= 4 is 40.6 Å². The highest BCUT2D eigenvalue weighted by molar-refractivity contribution is 6.26. The molecule has 9 nitrogen and oxygen atoms in total. The summed E-state index contributed by atoms with van der Waals surface area (Å²) in [5.41, 5.74) is 1.90. The van der Waals surface area contributed by atoms with E-state index >= 15 is 0 Å². The summed E-state index contributed by atoms with van der Waals surface area (Å²) >= 11 is 0. The summed E-state index contributed by atoms with van der Waals surface area (Å²) < 4.78 is 13.4. The summed E-state index contributed by atoms with van der Waals surface area (Å²) in [7, 11) is 0. The van der Waals surface area contributed by atoms with Crippen LogP contribution in [-0.2, 0) is 32.1 Å². The van der Waals surface area contributed by atoms with E-state index in [4.69, 9.17) is 5.41 Å². The second-order valence-corrected chi connectivity index (χ2v) is 13.6. The van der Waals surface area contributed by atoms with Gasteiger partial charge in [-0.05, 0) is 85.6 Å². The van der Waals surface area contributed by atoms with Crippen molar-refractivity contribution in [3.63, 3.8) is 0 Å². The largest absolute Gasteiger partial charge is 0.361 e. The van der Waals surface area contributed by atoms with Crippen molar-refractivity contribution < 1.29 is 23.6 Å². The Morgan fingerprint density at radius 2 is 1.65 bits per heavy atom. The zero-order valence-electron chi connectivity index (χ0n) is 26.5. The molecular weight excluding hydrogens is 585 g/mol. The normalized spacial score (nSPS) is 23.6. The first-order valence-corrected chi connectivity index (χ1v) is 16.3. The number of rotatable bonds is 13. The van der Waals surface area contributed by atoms with Crippen molar-refractivity contribution in [3.05, 3.63) is 71.7 Å². The van der Waals surface area contributed by atoms with E-state index in [-0.39, 0.29) is 31.7 Å². The lowest BCUT2D eigenvalue weighted by atomic mass is 9.56. The molecule has 5 rings (SSSR count). The Morgan fingerprint density at radius 3 is 2.35 bits per heavy atom. The highest BCUT2D eigenvalue weighted by Crippen LogP contribution is 2.53. The van der Waals surface area contributed by atoms with Crippen LogP contribution < -0.4 is 16.0 Å². The van der Waals surface area contributed by atoms with Gasteiger partial charge in [0.1, 0.15) is 17.9 Å². The lowest BCUT2D eigenvalue weighted by Crippen LogP contribution is -2.58. The van der Waals surface area contributed by atoms with E-state index < -0.39 is 40.9 Å². The van der Waals surface area contributed by atoms with Gasteiger partial charge in [0.2, 0.25) is 17.7 Å². The average molecular weight is 630 g/mol. The molecular formula is C36H44FN5O4. The van der Waals surface area contributed by atoms with Crippen LogP contribution in [-0.4, -0.2) is 46.8 Å². The Balaban J connectivity index is 1.38. The molecule has 0 spiro atoms. The molecule has 244 valence electrons. The third-order valence-electron chi connectivity index (χ3n) is 9.69. The highest BCUT2D eigenvalue weighted by Gasteiger charge is 2.49. The smallest absolute Gasteiger partial charge is 0.243 e. The number of amides is 3. The summed E-state index contributed by atoms with van der Waals surface area (Å²) in [6, 6.07) is 11.4. The van der Waals surface area contributed by atoms with Gasteiger partial charge in [-0.15, -0.1) is 0 Å². The molecule has 2 aromatic carbocycles. The summed E-state index contributed by atoms with van der Waals surface area (Å²) in [5, 5.41) is 16.9. The molecule has 10 heteroatoms. The van der Waals surface area contributed by atoms with Crippen molar-refractivity contribution in [2.24, 2.45) is 23.2 Å². The van der Waals surface area contributed by atoms with Gasteiger partial charge in [-0.25, -0.2) is 4.39 Å². The number of hydrogen-bond donors (Lipinski definition) is 5. The number of aromatic nitrogens is 1. The quantitative estimate of drug-likeness (QED) is 0.170. The number of fused-ring (bicyclic) bond motifs is 3. The molecule has 4 atom stereocenters. The number of para-hydroxylation sites is 1. The zero-order valence-corrected chi connectivity index (χ0v) is 26.5. The van der Waals surface area contributed by atoms with Gasteiger partial charge in [-0.1, -0.05) is 44.2 Å². The van der Waals surface area contributed by atoms with Crippen LogP contribution >= 0.6 is 0 Å². The topological polar surface area (TPSA) is 144 Å². The standard InChI is InChI=1S/C36H44FN5O4/c1-22-13-25-14-23(2)17-36(16-22,18-25)35(46)42-32(15-26-21-39-30-6-4-3-5-29(26)30)34(45)41-31(12-11-28(43)19-38)33(44)40-20-24-7-9-27(37)10-8-24/h3-10,19,21-23,25,31-32,38-39H,11-18,20H2,1-2H3,(H,40,44)(H,41,45)(H,42,46)/t22?,23?,25?,31-,32-,36?/m0/s1. The second kappa shape index (κ2) is 14.4. The maximum absolute atomic E-state index is 14.2. The third-order valence-corrected chi connectivity index (χ3v) is 9.69. The van der Waals surface area contributed by atoms with Crippen molar-refractivity contribution in [2.75, 3.05) is 0 Å². The Hall–Kier alpha value is -4.34. The summed E-state index contributed by atoms with van der Waals surface area (Å²) in [6.07, 6.45) is 7.20. The molecule has 2 fully saturated rings. The minimum Gasteiger partial charge on any atom is -0.361 e. The highest BCUT2D eigenvalue weighted by atomic mass is 19.1. The van der Waals surface area contributed by atoms with Crippen LogP contribution in [0.25, 0.3) is 10.9 Å². The molecule has 0 aliphatic heterocycles. The van der Waals surface area contributed by atoms with Crippen LogP contribution in [0.2, 0.25) is 0 Å². The van der Waals surface area contributed by atoms with Crippen molar-refractivity contribution in [1.82, 2.24) is 20.9 Å². The lowest BCUT2D eigenvalue weighted by Gasteiger charge is -2.49. The molecule has 5 N–H and O–H groups in total. The molecule has 1 heterocycles. The first kappa shape index (κ1) is 33.0. The zero-order chi connectivity index (χ0) is 32.8. The van der Waals surface area contributed by atoms with Crippen LogP contribution in [0.5, 0.6) is 0 Å². The first-order valence-electron chi connectivity index (χ1n) is 16.3. The number of carbonyl (C=O) groups excluding carboxylic acids is 4. The molecule has 1 aromatic heterocycles. The van der Waals surface area contributed by atoms with Gasteiger partial charge < -0.3 is 26.3 Å². The molecule has 2 aliphatic carbocycles. The number of hydrogen-bond acceptors (Lipinski definition) is 5. The maximum Gasteiger partial charge on any atom is 0.243 e. The third kappa shape index (κ3) is 7.89. The second-order valence-electron chi connectivity index (χ2n) is 13.6. The van der Waals surface area contributed by atoms with E-state index in [1.807, 2.05) is 30.5 Å². The van der Waals surface area contributed by atoms with Gasteiger partial charge in [0, 0.05) is 41.9 Å². The number of aromatic amines is 1. The Kier molecular flexibility index (Phi) is 10.3. The van der Waals surface area contributed by atoms with Crippen LogP contribution in [0, 0.1) is 34.4 Å². The van der Waals surface area contributed by atoms with Crippen molar-refractivity contribution in [3.8, 4) is 0 Å². The van der Waals surface area contributed by atoms with Crippen molar-refractivity contribution in [2.45, 2.75) is 83.8 Å². The fourth-order valence-corrected chi connectivity index (χ4v) is 7.84. The van der Waals surface area contributed by atoms with E-state index in [1.165, 1.54) is 12.1 Å². The van der Waals surface area contributed by atoms with E-state index in [9.17, 15) is 23.6 Å². The Bertz CT molecular complexity index is 1560. The van der Waals surface area contributed by atoms with Gasteiger partial charge in [-0.3, -0.25) is 19.2 Å². The fraction of sp³-hybridized carbons (Fsp3) is 0.472. The number of carbonyl (C=O) groups is 4. The molecule has 0 radical (unpaired) electrons. The molecule has 2 aliphatic rings. The predicted octanol–water partition coefficient (Wildman–Crippen LogP) is 4.99. The monoisotopic (exact) mass is 629 g/mol. The van der Waals surface area contributed by atoms with Crippen molar-refractivity contribution in [1.29, 1.82) is 5.41 Å². The van der Waals surface area contributed by atoms with Gasteiger partial charge in [0.05, 0.1) is 6.21 Å². The van der Waals surface area contributed by atoms with Crippen LogP contribution in [0.1, 0.15) is 69.9 Å². The lowest BCUT2D eigenvalue weighted by molar-refractivity contribution is -0.142. The van der Waals surface area contributed by atoms with E-state index in [0.29, 0.717) is 29.5 Å². The Morgan fingerprint density at radius 1 is 0.957 bits per heavy atom. The number of ketones is 1. The molecule has 3 aromatic rings. The number of benzene rings is 2. The van der Waals surface area contributed by atoms with E-state index in [0.717, 1.165) is 48.6 Å². The van der Waals surface area contributed by atoms with Crippen LogP contribution in [0.4, 0.5) is 4.39 Å². The van der Waals surface area contributed by atoms with E-state index in [1.54, 1.807) is 12.1 Å². The van der Waals surface area contributed by atoms with Gasteiger partial charge in [-0.2, -0.15) is 0 Å².